The molecule has 0 bridgehead atoms. The average Bonchev–Trinajstić information content (AvgIpc) is 2.98. The molecule has 0 atom stereocenters. The zero-order valence-electron chi connectivity index (χ0n) is 14.8. The lowest BCUT2D eigenvalue weighted by Crippen LogP contribution is -2.15. The van der Waals surface area contributed by atoms with E-state index in [-0.39, 0.29) is 11.7 Å². The van der Waals surface area contributed by atoms with E-state index in [9.17, 15) is 4.79 Å². The molecular weight excluding hydrogens is 368 g/mol. The summed E-state index contributed by atoms with van der Waals surface area (Å²) in [6.07, 6.45) is 0. The number of amides is 1. The predicted octanol–water partition coefficient (Wildman–Crippen LogP) is 4.48. The predicted molar refractivity (Wildman–Crippen MR) is 107 cm³/mol. The van der Waals surface area contributed by atoms with Crippen molar-refractivity contribution >= 4 is 35.0 Å². The van der Waals surface area contributed by atoms with Crippen LogP contribution in [0.2, 0.25) is 5.02 Å². The van der Waals surface area contributed by atoms with Gasteiger partial charge in [0.2, 0.25) is 5.91 Å². The van der Waals surface area contributed by atoms with Crippen molar-refractivity contribution in [2.75, 3.05) is 11.1 Å². The number of carbonyl (C=O) groups excluding carboxylic acids is 1. The summed E-state index contributed by atoms with van der Waals surface area (Å²) in [5, 5.41) is 12.7. The van der Waals surface area contributed by atoms with E-state index in [1.165, 1.54) is 11.8 Å². The summed E-state index contributed by atoms with van der Waals surface area (Å²) in [6, 6.07) is 13.5. The molecule has 134 valence electrons. The second kappa shape index (κ2) is 7.93. The van der Waals surface area contributed by atoms with Crippen LogP contribution in [0.4, 0.5) is 5.69 Å². The first-order chi connectivity index (χ1) is 12.5. The number of halogens is 1. The highest BCUT2D eigenvalue weighted by Gasteiger charge is 2.14. The molecule has 3 rings (SSSR count). The molecule has 0 radical (unpaired) electrons. The van der Waals surface area contributed by atoms with Crippen LogP contribution < -0.4 is 5.32 Å². The Kier molecular flexibility index (Phi) is 5.64. The maximum Gasteiger partial charge on any atom is 0.234 e. The molecule has 0 aliphatic heterocycles. The third-order valence-electron chi connectivity index (χ3n) is 4.10. The van der Waals surface area contributed by atoms with Gasteiger partial charge in [0.05, 0.1) is 5.75 Å². The number of carbonyl (C=O) groups is 1. The van der Waals surface area contributed by atoms with Crippen molar-refractivity contribution in [1.82, 2.24) is 14.8 Å². The Morgan fingerprint density at radius 3 is 2.69 bits per heavy atom. The molecule has 2 aromatic carbocycles. The van der Waals surface area contributed by atoms with Gasteiger partial charge < -0.3 is 9.88 Å². The highest BCUT2D eigenvalue weighted by Crippen LogP contribution is 2.26. The van der Waals surface area contributed by atoms with Gasteiger partial charge in [-0.05, 0) is 37.1 Å². The highest BCUT2D eigenvalue weighted by molar-refractivity contribution is 7.99. The molecule has 0 saturated carbocycles. The SMILES string of the molecule is Cc1ccccc1-c1nnc(SCC(=O)Nc2cccc(Cl)c2C)n1C. The normalized spacial score (nSPS) is 10.8. The van der Waals surface area contributed by atoms with Crippen molar-refractivity contribution in [1.29, 1.82) is 0 Å². The van der Waals surface area contributed by atoms with E-state index in [4.69, 9.17) is 11.6 Å². The van der Waals surface area contributed by atoms with Crippen LogP contribution >= 0.6 is 23.4 Å². The number of thioether (sulfide) groups is 1. The van der Waals surface area contributed by atoms with E-state index in [1.807, 2.05) is 61.9 Å². The summed E-state index contributed by atoms with van der Waals surface area (Å²) in [4.78, 5) is 12.3. The second-order valence-electron chi connectivity index (χ2n) is 5.93. The average molecular weight is 387 g/mol. The Labute approximate surface area is 161 Å². The molecule has 7 heteroatoms. The van der Waals surface area contributed by atoms with E-state index < -0.39 is 0 Å². The molecule has 0 aliphatic carbocycles. The van der Waals surface area contributed by atoms with Crippen molar-refractivity contribution in [3.05, 3.63) is 58.6 Å². The van der Waals surface area contributed by atoms with E-state index >= 15 is 0 Å². The standard InChI is InChI=1S/C19H19ClN4OS/c1-12-7-4-5-8-14(12)18-22-23-19(24(18)3)26-11-17(25)21-16-10-6-9-15(20)13(16)2/h4-10H,11H2,1-3H3,(H,21,25). The number of benzene rings is 2. The van der Waals surface area contributed by atoms with E-state index in [2.05, 4.69) is 15.5 Å². The first kappa shape index (κ1) is 18.5. The van der Waals surface area contributed by atoms with E-state index in [0.717, 1.165) is 28.2 Å². The fourth-order valence-electron chi connectivity index (χ4n) is 2.56. The van der Waals surface area contributed by atoms with Crippen molar-refractivity contribution in [3.63, 3.8) is 0 Å². The smallest absolute Gasteiger partial charge is 0.234 e. The van der Waals surface area contributed by atoms with E-state index in [0.29, 0.717) is 10.2 Å². The number of aryl methyl sites for hydroxylation is 1. The quantitative estimate of drug-likeness (QED) is 0.656. The Morgan fingerprint density at radius 1 is 1.15 bits per heavy atom. The van der Waals surface area contributed by atoms with Gasteiger partial charge in [0.15, 0.2) is 11.0 Å². The molecule has 0 saturated heterocycles. The molecule has 0 spiro atoms. The van der Waals surface area contributed by atoms with Crippen LogP contribution in [-0.4, -0.2) is 26.4 Å². The number of hydrogen-bond donors (Lipinski definition) is 1. The zero-order chi connectivity index (χ0) is 18.7. The van der Waals surface area contributed by atoms with Crippen LogP contribution in [0.15, 0.2) is 47.6 Å². The van der Waals surface area contributed by atoms with Gasteiger partial charge in [0, 0.05) is 23.3 Å². The van der Waals surface area contributed by atoms with Gasteiger partial charge in [-0.25, -0.2) is 0 Å². The molecular formula is C19H19ClN4OS. The van der Waals surface area contributed by atoms with Gasteiger partial charge in [0.1, 0.15) is 0 Å². The number of anilines is 1. The molecule has 0 unspecified atom stereocenters. The third kappa shape index (κ3) is 3.92. The molecule has 1 N–H and O–H groups in total. The van der Waals surface area contributed by atoms with Crippen molar-refractivity contribution in [2.24, 2.45) is 7.05 Å². The number of nitrogens with one attached hydrogen (secondary N) is 1. The lowest BCUT2D eigenvalue weighted by Gasteiger charge is -2.09. The summed E-state index contributed by atoms with van der Waals surface area (Å²) in [6.45, 7) is 3.92. The molecule has 5 nitrogen and oxygen atoms in total. The fourth-order valence-corrected chi connectivity index (χ4v) is 3.44. The topological polar surface area (TPSA) is 59.8 Å². The summed E-state index contributed by atoms with van der Waals surface area (Å²) >= 11 is 7.44. The van der Waals surface area contributed by atoms with Gasteiger partial charge in [-0.2, -0.15) is 0 Å². The molecule has 3 aromatic rings. The van der Waals surface area contributed by atoms with Crippen LogP contribution in [0.25, 0.3) is 11.4 Å². The fraction of sp³-hybridized carbons (Fsp3) is 0.211. The van der Waals surface area contributed by atoms with Crippen LogP contribution in [0.1, 0.15) is 11.1 Å². The Balaban J connectivity index is 1.68. The zero-order valence-corrected chi connectivity index (χ0v) is 16.4. The lowest BCUT2D eigenvalue weighted by molar-refractivity contribution is -0.113. The Bertz CT molecular complexity index is 954. The summed E-state index contributed by atoms with van der Waals surface area (Å²) in [7, 11) is 1.91. The largest absolute Gasteiger partial charge is 0.325 e. The minimum Gasteiger partial charge on any atom is -0.325 e. The summed E-state index contributed by atoms with van der Waals surface area (Å²) < 4.78 is 1.91. The van der Waals surface area contributed by atoms with Crippen molar-refractivity contribution < 1.29 is 4.79 Å². The number of hydrogen-bond acceptors (Lipinski definition) is 4. The van der Waals surface area contributed by atoms with Gasteiger partial charge in [-0.3, -0.25) is 4.79 Å². The van der Waals surface area contributed by atoms with Gasteiger partial charge >= 0.3 is 0 Å². The first-order valence-electron chi connectivity index (χ1n) is 8.10. The molecule has 1 aromatic heterocycles. The minimum absolute atomic E-state index is 0.110. The monoisotopic (exact) mass is 386 g/mol. The number of rotatable bonds is 5. The molecule has 1 heterocycles. The minimum atomic E-state index is -0.110. The maximum atomic E-state index is 12.3. The van der Waals surface area contributed by atoms with E-state index in [1.54, 1.807) is 6.07 Å². The Morgan fingerprint density at radius 2 is 1.92 bits per heavy atom. The summed E-state index contributed by atoms with van der Waals surface area (Å²) in [5.41, 5.74) is 3.75. The van der Waals surface area contributed by atoms with Crippen molar-refractivity contribution in [3.8, 4) is 11.4 Å². The second-order valence-corrected chi connectivity index (χ2v) is 7.28. The van der Waals surface area contributed by atoms with Crippen LogP contribution in [0.5, 0.6) is 0 Å². The van der Waals surface area contributed by atoms with Gasteiger partial charge in [-0.15, -0.1) is 10.2 Å². The Hall–Kier alpha value is -2.31. The molecule has 1 amide bonds. The molecule has 0 fully saturated rings. The van der Waals surface area contributed by atoms with Gasteiger partial charge in [0.25, 0.3) is 0 Å². The molecule has 0 aliphatic rings. The van der Waals surface area contributed by atoms with Crippen LogP contribution in [-0.2, 0) is 11.8 Å². The lowest BCUT2D eigenvalue weighted by atomic mass is 10.1. The molecule has 26 heavy (non-hydrogen) atoms. The third-order valence-corrected chi connectivity index (χ3v) is 5.52. The number of nitrogens with zero attached hydrogens (tertiary/aromatic N) is 3. The van der Waals surface area contributed by atoms with Crippen LogP contribution in [0, 0.1) is 13.8 Å². The maximum absolute atomic E-state index is 12.3. The van der Waals surface area contributed by atoms with Crippen molar-refractivity contribution in [2.45, 2.75) is 19.0 Å². The van der Waals surface area contributed by atoms with Crippen LogP contribution in [0.3, 0.4) is 0 Å². The first-order valence-corrected chi connectivity index (χ1v) is 9.47. The number of aromatic nitrogens is 3. The van der Waals surface area contributed by atoms with Gasteiger partial charge in [-0.1, -0.05) is 53.7 Å². The highest BCUT2D eigenvalue weighted by atomic mass is 35.5. The summed E-state index contributed by atoms with van der Waals surface area (Å²) in [5.74, 6) is 0.920.